The van der Waals surface area contributed by atoms with Gasteiger partial charge in [-0.2, -0.15) is 8.78 Å². The van der Waals surface area contributed by atoms with Crippen LogP contribution in [0.4, 0.5) is 8.78 Å². The lowest BCUT2D eigenvalue weighted by molar-refractivity contribution is -0.142. The Morgan fingerprint density at radius 1 is 1.32 bits per heavy atom. The third-order valence-electron chi connectivity index (χ3n) is 5.76. The highest BCUT2D eigenvalue weighted by Gasteiger charge is 2.38. The maximum atomic E-state index is 13.2. The van der Waals surface area contributed by atoms with Gasteiger partial charge < -0.3 is 19.4 Å². The number of fused-ring (bicyclic) bond motifs is 1. The van der Waals surface area contributed by atoms with Crippen molar-refractivity contribution in [2.24, 2.45) is 0 Å². The monoisotopic (exact) mass is 434 g/mol. The molecule has 10 heteroatoms. The van der Waals surface area contributed by atoms with Gasteiger partial charge in [-0.3, -0.25) is 9.59 Å². The number of halogens is 2. The van der Waals surface area contributed by atoms with Crippen LogP contribution in [0.25, 0.3) is 11.5 Å². The lowest BCUT2D eigenvalue weighted by atomic mass is 9.89. The number of amides is 1. The van der Waals surface area contributed by atoms with Gasteiger partial charge in [-0.15, -0.1) is 10.2 Å². The summed E-state index contributed by atoms with van der Waals surface area (Å²) in [6, 6.07) is 5.06. The molecule has 1 saturated carbocycles. The van der Waals surface area contributed by atoms with Crippen molar-refractivity contribution in [3.05, 3.63) is 35.2 Å². The Morgan fingerprint density at radius 2 is 2.13 bits per heavy atom. The van der Waals surface area contributed by atoms with E-state index in [0.29, 0.717) is 24.3 Å². The molecule has 1 N–H and O–H groups in total. The first-order valence-electron chi connectivity index (χ1n) is 10.4. The second kappa shape index (κ2) is 9.09. The molecule has 1 aliphatic heterocycles. The Hall–Kier alpha value is -2.88. The van der Waals surface area contributed by atoms with Crippen LogP contribution in [-0.2, 0) is 16.1 Å². The van der Waals surface area contributed by atoms with Gasteiger partial charge in [0.15, 0.2) is 0 Å². The van der Waals surface area contributed by atoms with Crippen LogP contribution in [0.2, 0.25) is 0 Å². The second-order valence-corrected chi connectivity index (χ2v) is 7.70. The minimum absolute atomic E-state index is 0.000397. The van der Waals surface area contributed by atoms with E-state index in [-0.39, 0.29) is 36.4 Å². The molecule has 2 heterocycles. The quantitative estimate of drug-likeness (QED) is 0.669. The Labute approximate surface area is 178 Å². The predicted molar refractivity (Wildman–Crippen MR) is 105 cm³/mol. The van der Waals surface area contributed by atoms with E-state index in [0.717, 1.165) is 31.2 Å². The second-order valence-electron chi connectivity index (χ2n) is 7.70. The summed E-state index contributed by atoms with van der Waals surface area (Å²) >= 11 is 0. The molecule has 1 aromatic heterocycles. The van der Waals surface area contributed by atoms with Crippen molar-refractivity contribution >= 4 is 11.9 Å². The first kappa shape index (κ1) is 21.4. The van der Waals surface area contributed by atoms with Crippen molar-refractivity contribution in [2.45, 2.75) is 57.7 Å². The van der Waals surface area contributed by atoms with Crippen LogP contribution in [0, 0.1) is 0 Å². The predicted octanol–water partition coefficient (Wildman–Crippen LogP) is 3.09. The summed E-state index contributed by atoms with van der Waals surface area (Å²) in [7, 11) is 0. The van der Waals surface area contributed by atoms with Gasteiger partial charge in [-0.25, -0.2) is 0 Å². The van der Waals surface area contributed by atoms with Crippen LogP contribution in [0.1, 0.15) is 60.8 Å². The Morgan fingerprint density at radius 3 is 2.87 bits per heavy atom. The van der Waals surface area contributed by atoms with Crippen molar-refractivity contribution < 1.29 is 27.5 Å². The van der Waals surface area contributed by atoms with Gasteiger partial charge in [0.2, 0.25) is 5.89 Å². The van der Waals surface area contributed by atoms with Gasteiger partial charge in [-0.1, -0.05) is 18.9 Å². The number of nitrogens with zero attached hydrogens (tertiary/aromatic N) is 3. The summed E-state index contributed by atoms with van der Waals surface area (Å²) in [4.78, 5) is 26.8. The maximum absolute atomic E-state index is 13.2. The first-order chi connectivity index (χ1) is 15.0. The van der Waals surface area contributed by atoms with Crippen LogP contribution >= 0.6 is 0 Å². The molecular formula is C21H24F2N4O4. The highest BCUT2D eigenvalue weighted by molar-refractivity contribution is 5.99. The largest absolute Gasteiger partial charge is 0.465 e. The molecule has 31 heavy (non-hydrogen) atoms. The Balaban J connectivity index is 1.50. The number of carbonyl (C=O) groups excluding carboxylic acids is 2. The van der Waals surface area contributed by atoms with Crippen LogP contribution < -0.4 is 5.32 Å². The smallest absolute Gasteiger partial charge is 0.319 e. The number of ether oxygens (including phenoxy) is 1. The van der Waals surface area contributed by atoms with E-state index in [1.54, 1.807) is 25.1 Å². The van der Waals surface area contributed by atoms with Gasteiger partial charge >= 0.3 is 12.4 Å². The van der Waals surface area contributed by atoms with E-state index < -0.39 is 12.3 Å². The molecule has 1 amide bonds. The van der Waals surface area contributed by atoms with Crippen molar-refractivity contribution in [3.8, 4) is 11.5 Å². The fourth-order valence-corrected chi connectivity index (χ4v) is 4.31. The third kappa shape index (κ3) is 4.43. The van der Waals surface area contributed by atoms with E-state index >= 15 is 0 Å². The number of benzene rings is 1. The summed E-state index contributed by atoms with van der Waals surface area (Å²) in [6.45, 7) is 2.66. The fourth-order valence-electron chi connectivity index (χ4n) is 4.31. The molecule has 166 valence electrons. The highest BCUT2D eigenvalue weighted by Crippen LogP contribution is 2.33. The Kier molecular flexibility index (Phi) is 6.26. The molecule has 1 unspecified atom stereocenters. The first-order valence-corrected chi connectivity index (χ1v) is 10.4. The molecule has 2 atom stereocenters. The minimum Gasteiger partial charge on any atom is -0.465 e. The fraction of sp³-hybridized carbons (Fsp3) is 0.524. The SMILES string of the molecule is CCOC(=O)CN[C@@H]1CCCCC1N1Cc2ccc(-c3nnc(C(F)F)o3)cc2C1=O. The minimum atomic E-state index is -2.85. The molecule has 0 bridgehead atoms. The molecule has 2 aliphatic rings. The number of nitrogens with one attached hydrogen (secondary N) is 1. The number of alkyl halides is 2. The van der Waals surface area contributed by atoms with Gasteiger partial charge in [0, 0.05) is 29.8 Å². The van der Waals surface area contributed by atoms with Crippen LogP contribution in [0.15, 0.2) is 22.6 Å². The normalized spacial score (nSPS) is 20.9. The highest BCUT2D eigenvalue weighted by atomic mass is 19.3. The van der Waals surface area contributed by atoms with Gasteiger partial charge in [0.1, 0.15) is 0 Å². The zero-order chi connectivity index (χ0) is 22.0. The number of carbonyl (C=O) groups is 2. The van der Waals surface area contributed by atoms with Crippen LogP contribution in [0.3, 0.4) is 0 Å². The molecule has 1 aliphatic carbocycles. The van der Waals surface area contributed by atoms with Gasteiger partial charge in [0.25, 0.3) is 11.8 Å². The van der Waals surface area contributed by atoms with Gasteiger partial charge in [-0.05, 0) is 37.5 Å². The third-order valence-corrected chi connectivity index (χ3v) is 5.76. The van der Waals surface area contributed by atoms with Crippen LogP contribution in [0.5, 0.6) is 0 Å². The molecule has 8 nitrogen and oxygen atoms in total. The molecule has 0 spiro atoms. The lowest BCUT2D eigenvalue weighted by Crippen LogP contribution is -2.52. The van der Waals surface area contributed by atoms with Crippen LogP contribution in [-0.4, -0.2) is 52.2 Å². The Bertz CT molecular complexity index is 965. The number of aromatic nitrogens is 2. The number of hydrogen-bond acceptors (Lipinski definition) is 7. The van der Waals surface area contributed by atoms with Crippen molar-refractivity contribution in [1.82, 2.24) is 20.4 Å². The molecule has 4 rings (SSSR count). The zero-order valence-corrected chi connectivity index (χ0v) is 17.1. The van der Waals surface area contributed by atoms with E-state index in [2.05, 4.69) is 15.5 Å². The summed E-state index contributed by atoms with van der Waals surface area (Å²) < 4.78 is 35.5. The molecule has 1 fully saturated rings. The van der Waals surface area contributed by atoms with Crippen molar-refractivity contribution in [1.29, 1.82) is 0 Å². The molecule has 0 radical (unpaired) electrons. The molecule has 0 saturated heterocycles. The van der Waals surface area contributed by atoms with Crippen molar-refractivity contribution in [3.63, 3.8) is 0 Å². The zero-order valence-electron chi connectivity index (χ0n) is 17.1. The van der Waals surface area contributed by atoms with E-state index in [4.69, 9.17) is 9.15 Å². The molecular weight excluding hydrogens is 410 g/mol. The standard InChI is InChI=1S/C21H24F2N4O4/c1-2-30-17(28)10-24-15-5-3-4-6-16(15)27-11-13-8-7-12(9-14(13)21(27)29)19-25-26-20(31-19)18(22)23/h7-9,15-16,18,24H,2-6,10-11H2,1H3/t15-,16?/m1/s1. The number of rotatable bonds is 7. The average Bonchev–Trinajstić information content (AvgIpc) is 3.38. The van der Waals surface area contributed by atoms with Crippen molar-refractivity contribution in [2.75, 3.05) is 13.2 Å². The molecule has 1 aromatic carbocycles. The lowest BCUT2D eigenvalue weighted by Gasteiger charge is -2.38. The average molecular weight is 434 g/mol. The summed E-state index contributed by atoms with van der Waals surface area (Å²) in [5.74, 6) is -1.23. The number of esters is 1. The summed E-state index contributed by atoms with van der Waals surface area (Å²) in [5, 5.41) is 10.3. The number of hydrogen-bond donors (Lipinski definition) is 1. The van der Waals surface area contributed by atoms with E-state index in [9.17, 15) is 18.4 Å². The summed E-state index contributed by atoms with van der Waals surface area (Å²) in [5.41, 5.74) is 1.79. The maximum Gasteiger partial charge on any atom is 0.319 e. The molecule has 2 aromatic rings. The van der Waals surface area contributed by atoms with E-state index in [1.807, 2.05) is 4.90 Å². The van der Waals surface area contributed by atoms with E-state index in [1.165, 1.54) is 0 Å². The summed E-state index contributed by atoms with van der Waals surface area (Å²) in [6.07, 6.45) is 0.895. The topological polar surface area (TPSA) is 97.6 Å². The van der Waals surface area contributed by atoms with Gasteiger partial charge in [0.05, 0.1) is 13.2 Å².